The average Bonchev–Trinajstić information content (AvgIpc) is 3.72. The van der Waals surface area contributed by atoms with Crippen molar-refractivity contribution in [2.75, 3.05) is 0 Å². The summed E-state index contributed by atoms with van der Waals surface area (Å²) in [5, 5.41) is 7.97. The van der Waals surface area contributed by atoms with Crippen LogP contribution < -0.4 is 0 Å². The average molecular weight is 819 g/mol. The quantitative estimate of drug-likeness (QED) is 0.123. The predicted octanol–water partition coefficient (Wildman–Crippen LogP) is 18.6. The molecule has 0 amide bonds. The molecule has 0 saturated heterocycles. The van der Waals surface area contributed by atoms with Gasteiger partial charge in [0.25, 0.3) is 0 Å². The Morgan fingerprint density at radius 1 is 0.381 bits per heavy atom. The number of rotatable bonds is 4. The second-order valence-corrected chi connectivity index (χ2v) is 22.7. The summed E-state index contributed by atoms with van der Waals surface area (Å²) < 4.78 is 0. The van der Waals surface area contributed by atoms with Gasteiger partial charge in [-0.1, -0.05) is 205 Å². The molecule has 8 aromatic carbocycles. The lowest BCUT2D eigenvalue weighted by Crippen LogP contribution is -2.16. The molecule has 10 rings (SSSR count). The SMILES string of the molecule is C=C/C=C(\C)c1cccc2c1-c1ccc3c4c(ccc-2c14)-c1cc2c(-c4cc(C(C)(C)C)cc(C(C)(C)C)c4)c4ccccc4c(-c4cc(C(C)(C)C)cc(C(C)(C)C)c4)c2cc1-3. The summed E-state index contributed by atoms with van der Waals surface area (Å²) >= 11 is 0. The molecule has 63 heavy (non-hydrogen) atoms. The topological polar surface area (TPSA) is 0 Å². The van der Waals surface area contributed by atoms with Crippen LogP contribution in [-0.4, -0.2) is 0 Å². The second-order valence-electron chi connectivity index (χ2n) is 22.7. The summed E-state index contributed by atoms with van der Waals surface area (Å²) in [4.78, 5) is 0. The zero-order valence-electron chi connectivity index (χ0n) is 39.8. The van der Waals surface area contributed by atoms with Crippen LogP contribution in [0.1, 0.15) is 118 Å². The molecular formula is C63H62. The summed E-state index contributed by atoms with van der Waals surface area (Å²) in [6.07, 6.45) is 4.04. The molecular weight excluding hydrogens is 757 g/mol. The molecule has 0 spiro atoms. The highest BCUT2D eigenvalue weighted by Crippen LogP contribution is 2.59. The molecule has 0 nitrogen and oxygen atoms in total. The molecule has 0 aromatic heterocycles. The molecule has 0 fully saturated rings. The zero-order valence-corrected chi connectivity index (χ0v) is 39.8. The smallest absolute Gasteiger partial charge is 0.00137 e. The van der Waals surface area contributed by atoms with Crippen molar-refractivity contribution in [3.05, 3.63) is 162 Å². The highest BCUT2D eigenvalue weighted by Gasteiger charge is 2.33. The Morgan fingerprint density at radius 2 is 0.778 bits per heavy atom. The fraction of sp³-hybridized carbons (Fsp3) is 0.270. The van der Waals surface area contributed by atoms with Gasteiger partial charge >= 0.3 is 0 Å². The van der Waals surface area contributed by atoms with Crippen LogP contribution >= 0.6 is 0 Å². The van der Waals surface area contributed by atoms with Crippen LogP contribution in [0.5, 0.6) is 0 Å². The van der Waals surface area contributed by atoms with E-state index >= 15 is 0 Å². The van der Waals surface area contributed by atoms with Crippen LogP contribution in [0.4, 0.5) is 0 Å². The van der Waals surface area contributed by atoms with E-state index in [0.717, 1.165) is 0 Å². The van der Waals surface area contributed by atoms with E-state index < -0.39 is 0 Å². The first-order valence-electron chi connectivity index (χ1n) is 23.0. The fourth-order valence-electron chi connectivity index (χ4n) is 10.6. The summed E-state index contributed by atoms with van der Waals surface area (Å²) in [7, 11) is 0. The van der Waals surface area contributed by atoms with Crippen molar-refractivity contribution in [2.45, 2.75) is 112 Å². The van der Waals surface area contributed by atoms with Crippen LogP contribution in [0.15, 0.2) is 134 Å². The second kappa shape index (κ2) is 13.8. The molecule has 314 valence electrons. The minimum absolute atomic E-state index is 0.0179. The molecule has 0 atom stereocenters. The lowest BCUT2D eigenvalue weighted by Gasteiger charge is -2.28. The first kappa shape index (κ1) is 41.1. The van der Waals surface area contributed by atoms with E-state index in [1.807, 2.05) is 6.08 Å². The van der Waals surface area contributed by atoms with Crippen molar-refractivity contribution >= 4 is 37.9 Å². The van der Waals surface area contributed by atoms with Crippen molar-refractivity contribution in [1.29, 1.82) is 0 Å². The monoisotopic (exact) mass is 818 g/mol. The molecule has 0 bridgehead atoms. The zero-order chi connectivity index (χ0) is 44.7. The molecule has 0 radical (unpaired) electrons. The normalized spacial score (nSPS) is 13.6. The highest BCUT2D eigenvalue weighted by atomic mass is 14.4. The fourth-order valence-corrected chi connectivity index (χ4v) is 10.6. The van der Waals surface area contributed by atoms with Gasteiger partial charge in [-0.15, -0.1) is 0 Å². The maximum Gasteiger partial charge on any atom is -0.00137 e. The van der Waals surface area contributed by atoms with Gasteiger partial charge in [-0.3, -0.25) is 0 Å². The van der Waals surface area contributed by atoms with Crippen molar-refractivity contribution in [1.82, 2.24) is 0 Å². The van der Waals surface area contributed by atoms with Gasteiger partial charge < -0.3 is 0 Å². The Bertz CT molecular complexity index is 3100. The summed E-state index contributed by atoms with van der Waals surface area (Å²) in [5.41, 5.74) is 23.8. The van der Waals surface area contributed by atoms with Gasteiger partial charge in [-0.25, -0.2) is 0 Å². The van der Waals surface area contributed by atoms with Gasteiger partial charge in [0.2, 0.25) is 0 Å². The third-order valence-electron chi connectivity index (χ3n) is 14.2. The van der Waals surface area contributed by atoms with Crippen molar-refractivity contribution in [3.63, 3.8) is 0 Å². The predicted molar refractivity (Wildman–Crippen MR) is 277 cm³/mol. The molecule has 0 heterocycles. The van der Waals surface area contributed by atoms with E-state index in [1.54, 1.807) is 0 Å². The Kier molecular flexibility index (Phi) is 8.97. The Morgan fingerprint density at radius 3 is 1.19 bits per heavy atom. The summed E-state index contributed by atoms with van der Waals surface area (Å²) in [6.45, 7) is 34.5. The van der Waals surface area contributed by atoms with Crippen molar-refractivity contribution in [2.24, 2.45) is 0 Å². The van der Waals surface area contributed by atoms with E-state index in [0.29, 0.717) is 0 Å². The lowest BCUT2D eigenvalue weighted by molar-refractivity contribution is 0.568. The van der Waals surface area contributed by atoms with Crippen LogP contribution in [0.3, 0.4) is 0 Å². The van der Waals surface area contributed by atoms with Gasteiger partial charge in [0.05, 0.1) is 0 Å². The van der Waals surface area contributed by atoms with E-state index in [9.17, 15) is 0 Å². The summed E-state index contributed by atoms with van der Waals surface area (Å²) in [6, 6.07) is 45.7. The molecule has 2 aliphatic carbocycles. The minimum atomic E-state index is -0.0179. The van der Waals surface area contributed by atoms with Gasteiger partial charge in [-0.05, 0) is 173 Å². The van der Waals surface area contributed by atoms with Crippen LogP contribution in [0.2, 0.25) is 0 Å². The molecule has 0 aliphatic heterocycles. The van der Waals surface area contributed by atoms with Crippen LogP contribution in [0, 0.1) is 0 Å². The third kappa shape index (κ3) is 6.38. The maximum atomic E-state index is 4.03. The third-order valence-corrected chi connectivity index (χ3v) is 14.2. The van der Waals surface area contributed by atoms with Gasteiger partial charge in [-0.2, -0.15) is 0 Å². The first-order chi connectivity index (χ1) is 29.6. The molecule has 0 heteroatoms. The summed E-state index contributed by atoms with van der Waals surface area (Å²) in [5.74, 6) is 0. The van der Waals surface area contributed by atoms with Gasteiger partial charge in [0, 0.05) is 0 Å². The Hall–Kier alpha value is -5.98. The molecule has 0 N–H and O–H groups in total. The van der Waals surface area contributed by atoms with E-state index in [-0.39, 0.29) is 21.7 Å². The van der Waals surface area contributed by atoms with Crippen LogP contribution in [-0.2, 0) is 21.7 Å². The molecule has 2 aliphatic rings. The number of hydrogen-bond donors (Lipinski definition) is 0. The van der Waals surface area contributed by atoms with Crippen LogP contribution in [0.25, 0.3) is 105 Å². The number of benzene rings is 8. The van der Waals surface area contributed by atoms with E-state index in [1.165, 1.54) is 132 Å². The standard InChI is InChI=1S/C63H62/c1-15-19-36(2)43-22-18-23-46-47-24-25-48-51-34-53-54(35-52(51)49-26-27-50(57(43)46)59(47)58(48)49)56(38-30-41(62(9,10)11)33-42(31-38)63(12,13)14)45-21-17-16-20-44(45)55(53)37-28-39(60(3,4)5)32-40(29-37)61(6,7)8/h15-35H,1H2,2-14H3/b36-19+. The van der Waals surface area contributed by atoms with Gasteiger partial charge in [0.15, 0.2) is 0 Å². The Labute approximate surface area is 376 Å². The number of fused-ring (bicyclic) bond motifs is 8. The Balaban J connectivity index is 1.36. The first-order valence-corrected chi connectivity index (χ1v) is 23.0. The molecule has 8 aromatic rings. The van der Waals surface area contributed by atoms with Crippen molar-refractivity contribution in [3.8, 4) is 66.8 Å². The van der Waals surface area contributed by atoms with Gasteiger partial charge in [0.1, 0.15) is 0 Å². The molecule has 0 unspecified atom stereocenters. The largest absolute Gasteiger partial charge is 0.0991 e. The van der Waals surface area contributed by atoms with E-state index in [4.69, 9.17) is 0 Å². The molecule has 0 saturated carbocycles. The highest BCUT2D eigenvalue weighted by molar-refractivity contribution is 6.30. The minimum Gasteiger partial charge on any atom is -0.0991 e. The number of hydrogen-bond acceptors (Lipinski definition) is 0. The lowest BCUT2D eigenvalue weighted by atomic mass is 9.76. The number of allylic oxidation sites excluding steroid dienone is 3. The van der Waals surface area contributed by atoms with E-state index in [2.05, 4.69) is 218 Å². The van der Waals surface area contributed by atoms with Crippen molar-refractivity contribution < 1.29 is 0 Å². The maximum absolute atomic E-state index is 4.03.